The van der Waals surface area contributed by atoms with Gasteiger partial charge in [-0.1, -0.05) is 35.9 Å². The highest BCUT2D eigenvalue weighted by atomic mass is 35.5. The SMILES string of the molecule is CC1NNC(c2ccc(Cl)cc2)C1CC(=O)NCCc1nc2ccccc2[nH]1. The minimum absolute atomic E-state index is 0.0532. The first-order chi connectivity index (χ1) is 13.6. The lowest BCUT2D eigenvalue weighted by atomic mass is 9.87. The van der Waals surface area contributed by atoms with Crippen LogP contribution in [-0.2, 0) is 11.2 Å². The molecule has 2 aromatic carbocycles. The van der Waals surface area contributed by atoms with Gasteiger partial charge in [0.1, 0.15) is 5.82 Å². The lowest BCUT2D eigenvalue weighted by Gasteiger charge is -2.21. The Morgan fingerprint density at radius 2 is 1.93 bits per heavy atom. The van der Waals surface area contributed by atoms with Gasteiger partial charge >= 0.3 is 0 Å². The molecule has 2 heterocycles. The molecule has 1 aliphatic rings. The molecule has 4 N–H and O–H groups in total. The second kappa shape index (κ2) is 8.31. The summed E-state index contributed by atoms with van der Waals surface area (Å²) in [7, 11) is 0. The maximum absolute atomic E-state index is 12.5. The van der Waals surface area contributed by atoms with Crippen molar-refractivity contribution in [2.45, 2.75) is 31.8 Å². The number of hydrogen-bond donors (Lipinski definition) is 4. The van der Waals surface area contributed by atoms with E-state index in [9.17, 15) is 4.79 Å². The van der Waals surface area contributed by atoms with Gasteiger partial charge in [-0.3, -0.25) is 10.2 Å². The van der Waals surface area contributed by atoms with Gasteiger partial charge in [-0.15, -0.1) is 0 Å². The number of fused-ring (bicyclic) bond motifs is 1. The molecule has 0 aliphatic carbocycles. The van der Waals surface area contributed by atoms with E-state index < -0.39 is 0 Å². The number of aromatic amines is 1. The first-order valence-electron chi connectivity index (χ1n) is 9.57. The molecule has 3 unspecified atom stereocenters. The number of para-hydroxylation sites is 2. The Morgan fingerprint density at radius 1 is 1.14 bits per heavy atom. The van der Waals surface area contributed by atoms with Crippen molar-refractivity contribution in [3.63, 3.8) is 0 Å². The zero-order chi connectivity index (χ0) is 19.5. The number of rotatable bonds is 6. The summed E-state index contributed by atoms with van der Waals surface area (Å²) in [6.07, 6.45) is 1.13. The number of carbonyl (C=O) groups is 1. The van der Waals surface area contributed by atoms with Gasteiger partial charge in [0, 0.05) is 36.4 Å². The number of nitrogens with one attached hydrogen (secondary N) is 4. The van der Waals surface area contributed by atoms with Crippen molar-refractivity contribution in [2.75, 3.05) is 6.54 Å². The van der Waals surface area contributed by atoms with Crippen LogP contribution in [0.25, 0.3) is 11.0 Å². The molecule has 4 rings (SSSR count). The lowest BCUT2D eigenvalue weighted by molar-refractivity contribution is -0.122. The number of amides is 1. The maximum atomic E-state index is 12.5. The fraction of sp³-hybridized carbons (Fsp3) is 0.333. The molecule has 7 heteroatoms. The number of imidazole rings is 1. The van der Waals surface area contributed by atoms with E-state index in [2.05, 4.69) is 33.1 Å². The Kier molecular flexibility index (Phi) is 5.62. The number of H-pyrrole nitrogens is 1. The second-order valence-electron chi connectivity index (χ2n) is 7.28. The third-order valence-electron chi connectivity index (χ3n) is 5.31. The number of hydrazine groups is 1. The topological polar surface area (TPSA) is 81.8 Å². The summed E-state index contributed by atoms with van der Waals surface area (Å²) >= 11 is 5.99. The highest BCUT2D eigenvalue weighted by Crippen LogP contribution is 2.31. The Hall–Kier alpha value is -2.41. The van der Waals surface area contributed by atoms with Gasteiger partial charge in [-0.25, -0.2) is 10.4 Å². The summed E-state index contributed by atoms with van der Waals surface area (Å²) in [6, 6.07) is 16.0. The molecule has 1 saturated heterocycles. The van der Waals surface area contributed by atoms with Crippen molar-refractivity contribution < 1.29 is 4.79 Å². The van der Waals surface area contributed by atoms with Crippen LogP contribution < -0.4 is 16.2 Å². The largest absolute Gasteiger partial charge is 0.356 e. The number of halogens is 1. The molecule has 0 bridgehead atoms. The predicted octanol–water partition coefficient (Wildman–Crippen LogP) is 3.12. The van der Waals surface area contributed by atoms with E-state index in [1.165, 1.54) is 0 Å². The molecule has 6 nitrogen and oxygen atoms in total. The number of benzene rings is 2. The van der Waals surface area contributed by atoms with Crippen LogP contribution in [0.2, 0.25) is 5.02 Å². The van der Waals surface area contributed by atoms with Crippen LogP contribution in [-0.4, -0.2) is 28.5 Å². The minimum atomic E-state index is 0.0532. The van der Waals surface area contributed by atoms with Crippen molar-refractivity contribution in [3.05, 3.63) is 64.9 Å². The second-order valence-corrected chi connectivity index (χ2v) is 7.71. The Bertz CT molecular complexity index is 922. The van der Waals surface area contributed by atoms with E-state index in [0.29, 0.717) is 24.4 Å². The van der Waals surface area contributed by atoms with E-state index in [1.807, 2.05) is 48.5 Å². The highest BCUT2D eigenvalue weighted by molar-refractivity contribution is 6.30. The molecular formula is C21H24ClN5O. The van der Waals surface area contributed by atoms with E-state index in [1.54, 1.807) is 0 Å². The van der Waals surface area contributed by atoms with Gasteiger partial charge in [-0.2, -0.15) is 0 Å². The average molecular weight is 398 g/mol. The maximum Gasteiger partial charge on any atom is 0.220 e. The monoisotopic (exact) mass is 397 g/mol. The van der Waals surface area contributed by atoms with Crippen molar-refractivity contribution in [1.82, 2.24) is 26.1 Å². The summed E-state index contributed by atoms with van der Waals surface area (Å²) < 4.78 is 0. The van der Waals surface area contributed by atoms with Crippen LogP contribution in [0.5, 0.6) is 0 Å². The number of aromatic nitrogens is 2. The molecule has 0 radical (unpaired) electrons. The van der Waals surface area contributed by atoms with E-state index >= 15 is 0 Å². The standard InChI is InChI=1S/C21H24ClN5O/c1-13-16(21(27-26-13)14-6-8-15(22)9-7-14)12-20(28)23-11-10-19-24-17-4-2-3-5-18(17)25-19/h2-9,13,16,21,26-27H,10-12H2,1H3,(H,23,28)(H,24,25). The van der Waals surface area contributed by atoms with Gasteiger partial charge in [0.2, 0.25) is 5.91 Å². The predicted molar refractivity (Wildman–Crippen MR) is 111 cm³/mol. The van der Waals surface area contributed by atoms with Gasteiger partial charge in [0.05, 0.1) is 17.1 Å². The van der Waals surface area contributed by atoms with Crippen molar-refractivity contribution in [3.8, 4) is 0 Å². The first-order valence-corrected chi connectivity index (χ1v) is 9.95. The van der Waals surface area contributed by atoms with Gasteiger partial charge in [-0.05, 0) is 36.8 Å². The minimum Gasteiger partial charge on any atom is -0.356 e. The van der Waals surface area contributed by atoms with E-state index in [-0.39, 0.29) is 23.9 Å². The zero-order valence-electron chi connectivity index (χ0n) is 15.7. The number of hydrogen-bond acceptors (Lipinski definition) is 4. The molecular weight excluding hydrogens is 374 g/mol. The first kappa shape index (κ1) is 18.9. The average Bonchev–Trinajstić information content (AvgIpc) is 3.26. The molecule has 1 aliphatic heterocycles. The third-order valence-corrected chi connectivity index (χ3v) is 5.56. The van der Waals surface area contributed by atoms with Gasteiger partial charge in [0.15, 0.2) is 0 Å². The quantitative estimate of drug-likeness (QED) is 0.515. The molecule has 1 fully saturated rings. The third kappa shape index (κ3) is 4.19. The van der Waals surface area contributed by atoms with Crippen LogP contribution in [0.3, 0.4) is 0 Å². The molecule has 3 aromatic rings. The highest BCUT2D eigenvalue weighted by Gasteiger charge is 2.35. The summed E-state index contributed by atoms with van der Waals surface area (Å²) in [5.74, 6) is 1.10. The Balaban J connectivity index is 1.32. The molecule has 28 heavy (non-hydrogen) atoms. The van der Waals surface area contributed by atoms with Crippen LogP contribution in [0, 0.1) is 5.92 Å². The Morgan fingerprint density at radius 3 is 2.71 bits per heavy atom. The Labute approximate surface area is 169 Å². The fourth-order valence-electron chi connectivity index (χ4n) is 3.75. The van der Waals surface area contributed by atoms with Gasteiger partial charge < -0.3 is 10.3 Å². The van der Waals surface area contributed by atoms with E-state index in [0.717, 1.165) is 22.4 Å². The molecule has 146 valence electrons. The van der Waals surface area contributed by atoms with Crippen LogP contribution in [0.4, 0.5) is 0 Å². The molecule has 1 amide bonds. The van der Waals surface area contributed by atoms with E-state index in [4.69, 9.17) is 11.6 Å². The number of nitrogens with zero attached hydrogens (tertiary/aromatic N) is 1. The summed E-state index contributed by atoms with van der Waals surface area (Å²) in [4.78, 5) is 20.4. The van der Waals surface area contributed by atoms with Crippen LogP contribution in [0.15, 0.2) is 48.5 Å². The van der Waals surface area contributed by atoms with Crippen LogP contribution >= 0.6 is 11.6 Å². The molecule has 3 atom stereocenters. The molecule has 0 saturated carbocycles. The van der Waals surface area contributed by atoms with Crippen molar-refractivity contribution in [2.24, 2.45) is 5.92 Å². The smallest absolute Gasteiger partial charge is 0.220 e. The summed E-state index contributed by atoms with van der Waals surface area (Å²) in [5, 5.41) is 3.74. The fourth-order valence-corrected chi connectivity index (χ4v) is 3.88. The normalized spacial score (nSPS) is 21.9. The van der Waals surface area contributed by atoms with Gasteiger partial charge in [0.25, 0.3) is 0 Å². The summed E-state index contributed by atoms with van der Waals surface area (Å²) in [6.45, 7) is 2.65. The van der Waals surface area contributed by atoms with Crippen molar-refractivity contribution >= 4 is 28.5 Å². The summed E-state index contributed by atoms with van der Waals surface area (Å²) in [5.41, 5.74) is 9.66. The van der Waals surface area contributed by atoms with Crippen LogP contribution in [0.1, 0.15) is 30.8 Å². The zero-order valence-corrected chi connectivity index (χ0v) is 16.5. The van der Waals surface area contributed by atoms with Crippen molar-refractivity contribution in [1.29, 1.82) is 0 Å². The molecule has 0 spiro atoms. The molecule has 1 aromatic heterocycles. The number of carbonyl (C=O) groups excluding carboxylic acids is 1. The lowest BCUT2D eigenvalue weighted by Crippen LogP contribution is -2.32.